The van der Waals surface area contributed by atoms with E-state index in [2.05, 4.69) is 10.1 Å². The van der Waals surface area contributed by atoms with Gasteiger partial charge < -0.3 is 4.74 Å². The van der Waals surface area contributed by atoms with Gasteiger partial charge in [-0.1, -0.05) is 0 Å². The molecule has 0 saturated carbocycles. The van der Waals surface area contributed by atoms with E-state index >= 15 is 0 Å². The van der Waals surface area contributed by atoms with Gasteiger partial charge in [0, 0.05) is 7.05 Å². The van der Waals surface area contributed by atoms with Crippen molar-refractivity contribution in [3.8, 4) is 5.75 Å². The third kappa shape index (κ3) is 2.79. The number of ketones is 1. The Bertz CT molecular complexity index is 842. The molecule has 0 aliphatic carbocycles. The summed E-state index contributed by atoms with van der Waals surface area (Å²) in [7, 11) is -2.14. The Hall–Kier alpha value is -2.42. The molecule has 23 heavy (non-hydrogen) atoms. The number of carbonyl (C=O) groups excluding carboxylic acids is 1. The third-order valence-electron chi connectivity index (χ3n) is 3.51. The van der Waals surface area contributed by atoms with E-state index in [1.165, 1.54) is 15.2 Å². The summed E-state index contributed by atoms with van der Waals surface area (Å²) in [6, 6.07) is 3.44. The normalized spacial score (nSPS) is 16.3. The molecule has 1 aliphatic rings. The van der Waals surface area contributed by atoms with E-state index in [1.54, 1.807) is 25.4 Å². The number of aromatic nitrogens is 3. The van der Waals surface area contributed by atoms with Crippen molar-refractivity contribution in [2.75, 3.05) is 16.7 Å². The first-order chi connectivity index (χ1) is 10.9. The molecule has 9 heteroatoms. The number of hydrogen-bond acceptors (Lipinski definition) is 6. The molecule has 3 rings (SSSR count). The minimum atomic E-state index is -3.75. The monoisotopic (exact) mass is 336 g/mol. The highest BCUT2D eigenvalue weighted by molar-refractivity contribution is 7.93. The minimum Gasteiger partial charge on any atom is -0.492 e. The number of Topliss-reactive ketones (excluding diaryl/α,β-unsaturated/α-hetero) is 1. The van der Waals surface area contributed by atoms with Gasteiger partial charge in [-0.2, -0.15) is 5.10 Å². The molecule has 0 N–H and O–H groups in total. The zero-order valence-corrected chi connectivity index (χ0v) is 13.6. The lowest BCUT2D eigenvalue weighted by Gasteiger charge is -2.27. The molecule has 0 spiro atoms. The Morgan fingerprint density at radius 1 is 1.30 bits per heavy atom. The van der Waals surface area contributed by atoms with Gasteiger partial charge in [0.1, 0.15) is 11.5 Å². The van der Waals surface area contributed by atoms with Gasteiger partial charge in [0.15, 0.2) is 11.6 Å². The maximum atomic E-state index is 12.4. The van der Waals surface area contributed by atoms with Crippen molar-refractivity contribution >= 4 is 21.6 Å². The first kappa shape index (κ1) is 15.5. The molecule has 0 unspecified atom stereocenters. The zero-order valence-electron chi connectivity index (χ0n) is 12.8. The number of anilines is 1. The van der Waals surface area contributed by atoms with Gasteiger partial charge in [-0.25, -0.2) is 12.7 Å². The van der Waals surface area contributed by atoms with Crippen LogP contribution >= 0.6 is 0 Å². The number of rotatable bonds is 4. The third-order valence-corrected chi connectivity index (χ3v) is 5.11. The van der Waals surface area contributed by atoms with Crippen LogP contribution in [0.1, 0.15) is 23.0 Å². The number of aryl methyl sites for hydroxylation is 1. The Morgan fingerprint density at radius 3 is 2.74 bits per heavy atom. The highest BCUT2D eigenvalue weighted by atomic mass is 32.2. The van der Waals surface area contributed by atoms with Gasteiger partial charge in [-0.3, -0.25) is 14.5 Å². The highest BCUT2D eigenvalue weighted by Crippen LogP contribution is 2.30. The van der Waals surface area contributed by atoms with E-state index in [-0.39, 0.29) is 12.4 Å². The standard InChI is InChI=1S/C14H16N4O4S/c1-3-22-11-5-4-10(15-6-11)8-18-14-12(7-16-17(14)2)13(19)9-23(18,20)21/h4-7H,3,8-9H2,1-2H3. The van der Waals surface area contributed by atoms with Crippen LogP contribution in [0.5, 0.6) is 5.75 Å². The second-order valence-corrected chi connectivity index (χ2v) is 7.00. The number of sulfonamides is 1. The van der Waals surface area contributed by atoms with E-state index in [0.717, 1.165) is 0 Å². The van der Waals surface area contributed by atoms with Crippen LogP contribution in [0.15, 0.2) is 24.5 Å². The predicted octanol–water partition coefficient (Wildman–Crippen LogP) is 0.746. The molecule has 2 aromatic heterocycles. The quantitative estimate of drug-likeness (QED) is 0.817. The van der Waals surface area contributed by atoms with E-state index in [1.807, 2.05) is 6.92 Å². The van der Waals surface area contributed by atoms with E-state index < -0.39 is 21.6 Å². The smallest absolute Gasteiger partial charge is 0.244 e. The summed E-state index contributed by atoms with van der Waals surface area (Å²) in [5.74, 6) is -0.0991. The number of fused-ring (bicyclic) bond motifs is 1. The number of carbonyl (C=O) groups is 1. The maximum Gasteiger partial charge on any atom is 0.244 e. The molecular formula is C14H16N4O4S. The molecule has 3 heterocycles. The summed E-state index contributed by atoms with van der Waals surface area (Å²) < 4.78 is 32.7. The van der Waals surface area contributed by atoms with Crippen molar-refractivity contribution in [1.82, 2.24) is 14.8 Å². The molecule has 0 amide bonds. The molecular weight excluding hydrogens is 320 g/mol. The average Bonchev–Trinajstić information content (AvgIpc) is 2.87. The van der Waals surface area contributed by atoms with Gasteiger partial charge in [0.2, 0.25) is 10.0 Å². The fourth-order valence-electron chi connectivity index (χ4n) is 2.45. The highest BCUT2D eigenvalue weighted by Gasteiger charge is 2.37. The number of pyridine rings is 1. The van der Waals surface area contributed by atoms with E-state index in [9.17, 15) is 13.2 Å². The SMILES string of the molecule is CCOc1ccc(CN2c3c(cnn3C)C(=O)CS2(=O)=O)nc1. The molecule has 0 atom stereocenters. The van der Waals surface area contributed by atoms with Crippen LogP contribution in [0.3, 0.4) is 0 Å². The molecule has 0 aromatic carbocycles. The molecule has 0 fully saturated rings. The lowest BCUT2D eigenvalue weighted by atomic mass is 10.2. The summed E-state index contributed by atoms with van der Waals surface area (Å²) in [5, 5.41) is 3.99. The molecule has 0 bridgehead atoms. The summed E-state index contributed by atoms with van der Waals surface area (Å²) >= 11 is 0. The van der Waals surface area contributed by atoms with Gasteiger partial charge in [0.05, 0.1) is 36.8 Å². The predicted molar refractivity (Wildman–Crippen MR) is 82.9 cm³/mol. The second kappa shape index (κ2) is 5.65. The van der Waals surface area contributed by atoms with Gasteiger partial charge in [-0.15, -0.1) is 0 Å². The van der Waals surface area contributed by atoms with Gasteiger partial charge >= 0.3 is 0 Å². The van der Waals surface area contributed by atoms with Gasteiger partial charge in [0.25, 0.3) is 0 Å². The van der Waals surface area contributed by atoms with E-state index in [0.29, 0.717) is 23.6 Å². The molecule has 2 aromatic rings. The first-order valence-corrected chi connectivity index (χ1v) is 8.66. The zero-order chi connectivity index (χ0) is 16.6. The van der Waals surface area contributed by atoms with Crippen molar-refractivity contribution in [3.05, 3.63) is 35.8 Å². The van der Waals surface area contributed by atoms with Crippen LogP contribution in [0, 0.1) is 0 Å². The fraction of sp³-hybridized carbons (Fsp3) is 0.357. The van der Waals surface area contributed by atoms with Crippen molar-refractivity contribution in [3.63, 3.8) is 0 Å². The molecule has 8 nitrogen and oxygen atoms in total. The average molecular weight is 336 g/mol. The van der Waals surface area contributed by atoms with Crippen molar-refractivity contribution < 1.29 is 17.9 Å². The van der Waals surface area contributed by atoms with Crippen molar-refractivity contribution in [2.24, 2.45) is 7.05 Å². The Labute approximate surface area is 133 Å². The van der Waals surface area contributed by atoms with Crippen LogP contribution < -0.4 is 9.04 Å². The largest absolute Gasteiger partial charge is 0.492 e. The van der Waals surface area contributed by atoms with Crippen LogP contribution in [-0.2, 0) is 23.6 Å². The second-order valence-electron chi connectivity index (χ2n) is 5.11. The van der Waals surface area contributed by atoms with Gasteiger partial charge in [-0.05, 0) is 19.1 Å². The molecule has 122 valence electrons. The topological polar surface area (TPSA) is 94.4 Å². The number of nitrogens with zero attached hydrogens (tertiary/aromatic N) is 4. The van der Waals surface area contributed by atoms with Crippen molar-refractivity contribution in [1.29, 1.82) is 0 Å². The van der Waals surface area contributed by atoms with Crippen LogP contribution in [0.2, 0.25) is 0 Å². The summed E-state index contributed by atoms with van der Waals surface area (Å²) in [5.41, 5.74) is 0.867. The molecule has 1 aliphatic heterocycles. The van der Waals surface area contributed by atoms with Crippen LogP contribution in [0.4, 0.5) is 5.82 Å². The Kier molecular flexibility index (Phi) is 3.80. The fourth-order valence-corrected chi connectivity index (χ4v) is 3.91. The molecule has 0 saturated heterocycles. The number of ether oxygens (including phenoxy) is 1. The molecule has 0 radical (unpaired) electrons. The van der Waals surface area contributed by atoms with Crippen LogP contribution in [-0.4, -0.2) is 41.3 Å². The van der Waals surface area contributed by atoms with Crippen LogP contribution in [0.25, 0.3) is 0 Å². The Morgan fingerprint density at radius 2 is 2.09 bits per heavy atom. The summed E-state index contributed by atoms with van der Waals surface area (Å²) in [6.07, 6.45) is 2.94. The minimum absolute atomic E-state index is 0.0363. The lowest BCUT2D eigenvalue weighted by Crippen LogP contribution is -2.41. The van der Waals surface area contributed by atoms with Crippen molar-refractivity contribution in [2.45, 2.75) is 13.5 Å². The van der Waals surface area contributed by atoms with E-state index in [4.69, 9.17) is 4.74 Å². The summed E-state index contributed by atoms with van der Waals surface area (Å²) in [4.78, 5) is 16.2. The maximum absolute atomic E-state index is 12.4. The first-order valence-electron chi connectivity index (χ1n) is 7.05. The number of hydrogen-bond donors (Lipinski definition) is 0. The lowest BCUT2D eigenvalue weighted by molar-refractivity contribution is 0.101. The Balaban J connectivity index is 1.96. The summed E-state index contributed by atoms with van der Waals surface area (Å²) in [6.45, 7) is 2.44.